The highest BCUT2D eigenvalue weighted by Gasteiger charge is 2.47. The van der Waals surface area contributed by atoms with Crippen LogP contribution >= 0.6 is 11.3 Å². The minimum absolute atomic E-state index is 0.485. The van der Waals surface area contributed by atoms with Gasteiger partial charge in [0.1, 0.15) is 0 Å². The summed E-state index contributed by atoms with van der Waals surface area (Å²) in [6.07, 6.45) is 0. The molecular weight excluding hydrogens is 707 g/mol. The molecule has 0 amide bonds. The lowest BCUT2D eigenvalue weighted by molar-refractivity contribution is 0.768. The summed E-state index contributed by atoms with van der Waals surface area (Å²) in [4.78, 5) is 2.45. The minimum Gasteiger partial charge on any atom is -0.310 e. The van der Waals surface area contributed by atoms with E-state index in [0.29, 0.717) is 0 Å². The fourth-order valence-corrected chi connectivity index (χ4v) is 10.3. The van der Waals surface area contributed by atoms with Crippen molar-refractivity contribution < 1.29 is 0 Å². The van der Waals surface area contributed by atoms with Gasteiger partial charge in [0.15, 0.2) is 0 Å². The molecular formula is C55H37NS. The number of benzene rings is 9. The van der Waals surface area contributed by atoms with E-state index in [1.54, 1.807) is 0 Å². The van der Waals surface area contributed by atoms with Crippen molar-refractivity contribution in [3.8, 4) is 33.4 Å². The van der Waals surface area contributed by atoms with Crippen LogP contribution in [0.4, 0.5) is 17.1 Å². The summed E-state index contributed by atoms with van der Waals surface area (Å²) >= 11 is 1.86. The van der Waals surface area contributed by atoms with Crippen molar-refractivity contribution in [2.45, 2.75) is 5.41 Å². The van der Waals surface area contributed by atoms with Crippen LogP contribution in [0.1, 0.15) is 22.3 Å². The van der Waals surface area contributed by atoms with Gasteiger partial charge in [-0.1, -0.05) is 176 Å². The van der Waals surface area contributed by atoms with Crippen LogP contribution in [0.25, 0.3) is 53.6 Å². The summed E-state index contributed by atoms with van der Waals surface area (Å²) in [5.74, 6) is 0. The SMILES string of the molecule is c1ccc(-c2ccc(N(c3ccc(-c4ccc5sc6ccccc6c5c4)cc3)c3cccc4c3-c3ccccc3C4(c3ccccc3)c3ccccc3)cc2)cc1. The van der Waals surface area contributed by atoms with Gasteiger partial charge in [-0.25, -0.2) is 0 Å². The molecule has 1 aliphatic rings. The smallest absolute Gasteiger partial charge is 0.0714 e. The predicted octanol–water partition coefficient (Wildman–Crippen LogP) is 15.2. The van der Waals surface area contributed by atoms with Crippen molar-refractivity contribution in [3.63, 3.8) is 0 Å². The summed E-state index contributed by atoms with van der Waals surface area (Å²) in [5, 5.41) is 2.64. The van der Waals surface area contributed by atoms with Crippen LogP contribution in [0.15, 0.2) is 224 Å². The molecule has 10 aromatic rings. The van der Waals surface area contributed by atoms with E-state index >= 15 is 0 Å². The zero-order valence-corrected chi connectivity index (χ0v) is 32.0. The molecule has 0 saturated heterocycles. The Morgan fingerprint density at radius 3 is 1.54 bits per heavy atom. The maximum atomic E-state index is 2.45. The summed E-state index contributed by atoms with van der Waals surface area (Å²) < 4.78 is 2.65. The number of hydrogen-bond donors (Lipinski definition) is 0. The van der Waals surface area contributed by atoms with Crippen molar-refractivity contribution in [2.24, 2.45) is 0 Å². The lowest BCUT2D eigenvalue weighted by Crippen LogP contribution is -2.28. The van der Waals surface area contributed by atoms with Crippen molar-refractivity contribution in [1.29, 1.82) is 0 Å². The van der Waals surface area contributed by atoms with E-state index in [2.05, 4.69) is 229 Å². The fourth-order valence-electron chi connectivity index (χ4n) is 9.23. The van der Waals surface area contributed by atoms with Gasteiger partial charge >= 0.3 is 0 Å². The van der Waals surface area contributed by atoms with E-state index in [-0.39, 0.29) is 0 Å². The molecule has 1 aliphatic carbocycles. The lowest BCUT2D eigenvalue weighted by Gasteiger charge is -2.34. The number of rotatable bonds is 7. The molecule has 0 bridgehead atoms. The number of anilines is 3. The van der Waals surface area contributed by atoms with Crippen LogP contribution in [0.2, 0.25) is 0 Å². The van der Waals surface area contributed by atoms with Crippen molar-refractivity contribution >= 4 is 48.6 Å². The van der Waals surface area contributed by atoms with Gasteiger partial charge in [-0.05, 0) is 98.6 Å². The highest BCUT2D eigenvalue weighted by Crippen LogP contribution is 2.59. The largest absolute Gasteiger partial charge is 0.310 e. The maximum absolute atomic E-state index is 2.45. The van der Waals surface area contributed by atoms with Crippen molar-refractivity contribution in [3.05, 3.63) is 247 Å². The molecule has 0 saturated carbocycles. The highest BCUT2D eigenvalue weighted by atomic mass is 32.1. The second kappa shape index (κ2) is 13.6. The van der Waals surface area contributed by atoms with Gasteiger partial charge < -0.3 is 4.90 Å². The van der Waals surface area contributed by atoms with Crippen LogP contribution in [-0.2, 0) is 5.41 Å². The van der Waals surface area contributed by atoms with Crippen LogP contribution in [0, 0.1) is 0 Å². The Morgan fingerprint density at radius 1 is 0.351 bits per heavy atom. The number of fused-ring (bicyclic) bond motifs is 6. The molecule has 57 heavy (non-hydrogen) atoms. The normalized spacial score (nSPS) is 12.7. The quantitative estimate of drug-likeness (QED) is 0.157. The van der Waals surface area contributed by atoms with E-state index in [1.807, 2.05) is 11.3 Å². The van der Waals surface area contributed by atoms with Gasteiger partial charge in [0.05, 0.1) is 11.1 Å². The summed E-state index contributed by atoms with van der Waals surface area (Å²) in [6, 6.07) is 82.5. The van der Waals surface area contributed by atoms with Gasteiger partial charge in [-0.2, -0.15) is 0 Å². The Bertz CT molecular complexity index is 3000. The van der Waals surface area contributed by atoms with E-state index in [9.17, 15) is 0 Å². The Balaban J connectivity index is 1.11. The number of nitrogens with zero attached hydrogens (tertiary/aromatic N) is 1. The first-order valence-electron chi connectivity index (χ1n) is 19.6. The molecule has 268 valence electrons. The predicted molar refractivity (Wildman–Crippen MR) is 242 cm³/mol. The first-order valence-corrected chi connectivity index (χ1v) is 20.4. The van der Waals surface area contributed by atoms with Crippen LogP contribution in [-0.4, -0.2) is 0 Å². The molecule has 9 aromatic carbocycles. The molecule has 11 rings (SSSR count). The molecule has 0 atom stereocenters. The van der Waals surface area contributed by atoms with Crippen LogP contribution in [0.3, 0.4) is 0 Å². The average Bonchev–Trinajstić information content (AvgIpc) is 3.82. The number of hydrogen-bond acceptors (Lipinski definition) is 2. The maximum Gasteiger partial charge on any atom is 0.0714 e. The summed E-state index contributed by atoms with van der Waals surface area (Å²) in [5.41, 5.74) is 15.3. The number of thiophene rings is 1. The zero-order chi connectivity index (χ0) is 37.8. The molecule has 0 radical (unpaired) electrons. The molecule has 1 aromatic heterocycles. The van der Waals surface area contributed by atoms with E-state index < -0.39 is 5.41 Å². The van der Waals surface area contributed by atoms with Crippen LogP contribution in [0.5, 0.6) is 0 Å². The first kappa shape index (κ1) is 33.3. The van der Waals surface area contributed by atoms with Gasteiger partial charge in [-0.15, -0.1) is 11.3 Å². The third kappa shape index (κ3) is 5.37. The molecule has 0 unspecified atom stereocenters. The third-order valence-electron chi connectivity index (χ3n) is 11.8. The van der Waals surface area contributed by atoms with E-state index in [1.165, 1.54) is 75.8 Å². The fraction of sp³-hybridized carbons (Fsp3) is 0.0182. The monoisotopic (exact) mass is 743 g/mol. The summed E-state index contributed by atoms with van der Waals surface area (Å²) in [6.45, 7) is 0. The Morgan fingerprint density at radius 2 is 0.860 bits per heavy atom. The Labute approximate surface area is 337 Å². The average molecular weight is 744 g/mol. The molecule has 0 N–H and O–H groups in total. The summed E-state index contributed by atoms with van der Waals surface area (Å²) in [7, 11) is 0. The Hall–Kier alpha value is -7.00. The highest BCUT2D eigenvalue weighted by molar-refractivity contribution is 7.25. The zero-order valence-electron chi connectivity index (χ0n) is 31.2. The minimum atomic E-state index is -0.485. The lowest BCUT2D eigenvalue weighted by atomic mass is 9.68. The molecule has 1 heterocycles. The van der Waals surface area contributed by atoms with Gasteiger partial charge in [0.25, 0.3) is 0 Å². The second-order valence-corrected chi connectivity index (χ2v) is 15.9. The van der Waals surface area contributed by atoms with Crippen LogP contribution < -0.4 is 4.90 Å². The standard InChI is InChI=1S/C55H37NS/c1-4-15-38(16-5-1)39-27-32-44(33-28-39)56(45-34-29-40(30-35-45)41-31-36-53-48(37-41)46-21-11-13-26-52(46)57-53)51-25-14-24-50-54(51)47-22-10-12-23-49(47)55(50,42-17-6-2-7-18-42)43-19-8-3-9-20-43/h1-37H. The second-order valence-electron chi connectivity index (χ2n) is 14.8. The first-order chi connectivity index (χ1) is 28.3. The Kier molecular flexibility index (Phi) is 7.98. The molecule has 2 heteroatoms. The van der Waals surface area contributed by atoms with E-state index in [0.717, 1.165) is 17.1 Å². The van der Waals surface area contributed by atoms with E-state index in [4.69, 9.17) is 0 Å². The molecule has 1 nitrogen and oxygen atoms in total. The van der Waals surface area contributed by atoms with Crippen molar-refractivity contribution in [2.75, 3.05) is 4.90 Å². The molecule has 0 aliphatic heterocycles. The third-order valence-corrected chi connectivity index (χ3v) is 12.9. The topological polar surface area (TPSA) is 3.24 Å². The van der Waals surface area contributed by atoms with Gasteiger partial charge in [0, 0.05) is 37.1 Å². The molecule has 0 spiro atoms. The van der Waals surface area contributed by atoms with Gasteiger partial charge in [-0.3, -0.25) is 0 Å². The molecule has 0 fully saturated rings. The van der Waals surface area contributed by atoms with Gasteiger partial charge in [0.2, 0.25) is 0 Å². The van der Waals surface area contributed by atoms with Crippen molar-refractivity contribution in [1.82, 2.24) is 0 Å².